The highest BCUT2D eigenvalue weighted by Crippen LogP contribution is 2.26. The first-order valence-electron chi connectivity index (χ1n) is 9.68. The van der Waals surface area contributed by atoms with Crippen LogP contribution in [0.3, 0.4) is 0 Å². The van der Waals surface area contributed by atoms with Crippen LogP contribution in [0.25, 0.3) is 0 Å². The number of carbonyl (C=O) groups is 3. The van der Waals surface area contributed by atoms with Crippen molar-refractivity contribution >= 4 is 18.0 Å². The molecule has 1 aliphatic heterocycles. The fourth-order valence-corrected chi connectivity index (χ4v) is 2.94. The fourth-order valence-electron chi connectivity index (χ4n) is 2.94. The normalized spacial score (nSPS) is 22.0. The third-order valence-corrected chi connectivity index (χ3v) is 4.47. The summed E-state index contributed by atoms with van der Waals surface area (Å²) in [5, 5.41) is 3.02. The lowest BCUT2D eigenvalue weighted by Crippen LogP contribution is -2.66. The van der Waals surface area contributed by atoms with E-state index in [1.165, 1.54) is 4.90 Å². The molecule has 0 unspecified atom stereocenters. The van der Waals surface area contributed by atoms with Crippen molar-refractivity contribution in [3.05, 3.63) is 35.9 Å². The highest BCUT2D eigenvalue weighted by molar-refractivity contribution is 5.86. The molecule has 1 fully saturated rings. The van der Waals surface area contributed by atoms with Gasteiger partial charge in [0.25, 0.3) is 0 Å². The molecule has 2 atom stereocenters. The van der Waals surface area contributed by atoms with Crippen molar-refractivity contribution < 1.29 is 28.6 Å². The second kappa shape index (κ2) is 9.26. The zero-order chi connectivity index (χ0) is 21.7. The van der Waals surface area contributed by atoms with Gasteiger partial charge >= 0.3 is 18.0 Å². The van der Waals surface area contributed by atoms with Gasteiger partial charge in [-0.25, -0.2) is 9.59 Å². The molecule has 1 heterocycles. The van der Waals surface area contributed by atoms with Gasteiger partial charge < -0.3 is 14.2 Å². The zero-order valence-corrected chi connectivity index (χ0v) is 17.7. The lowest BCUT2D eigenvalue weighted by Gasteiger charge is -2.43. The molecule has 2 rings (SSSR count). The van der Waals surface area contributed by atoms with Gasteiger partial charge in [0.15, 0.2) is 0 Å². The minimum atomic E-state index is -1.15. The third kappa shape index (κ3) is 6.19. The summed E-state index contributed by atoms with van der Waals surface area (Å²) in [6.45, 7) is 8.81. The Morgan fingerprint density at radius 2 is 1.83 bits per heavy atom. The van der Waals surface area contributed by atoms with Gasteiger partial charge in [0, 0.05) is 6.42 Å². The second-order valence-electron chi connectivity index (χ2n) is 8.15. The largest absolute Gasteiger partial charge is 0.464 e. The third-order valence-electron chi connectivity index (χ3n) is 4.47. The average molecular weight is 406 g/mol. The monoisotopic (exact) mass is 406 g/mol. The van der Waals surface area contributed by atoms with Gasteiger partial charge in [-0.1, -0.05) is 30.3 Å². The summed E-state index contributed by atoms with van der Waals surface area (Å²) in [5.74, 6) is -1.08. The Kier molecular flexibility index (Phi) is 7.24. The summed E-state index contributed by atoms with van der Waals surface area (Å²) in [4.78, 5) is 39.1. The molecule has 0 aromatic heterocycles. The van der Waals surface area contributed by atoms with E-state index >= 15 is 0 Å². The van der Waals surface area contributed by atoms with E-state index in [1.54, 1.807) is 34.6 Å². The molecule has 1 saturated heterocycles. The Morgan fingerprint density at radius 3 is 2.41 bits per heavy atom. The van der Waals surface area contributed by atoms with Crippen LogP contribution in [0.4, 0.5) is 4.79 Å². The number of hydrogen-bond acceptors (Lipinski definition) is 7. The Bertz CT molecular complexity index is 730. The average Bonchev–Trinajstić information content (AvgIpc) is 2.65. The molecule has 1 aromatic rings. The molecule has 1 amide bonds. The Balaban J connectivity index is 2.12. The molecule has 1 aromatic carbocycles. The quantitative estimate of drug-likeness (QED) is 0.593. The predicted molar refractivity (Wildman–Crippen MR) is 106 cm³/mol. The van der Waals surface area contributed by atoms with Crippen LogP contribution in [0.15, 0.2) is 30.3 Å². The Labute approximate surface area is 171 Å². The number of carbonyl (C=O) groups excluding carboxylic acids is 3. The first-order chi connectivity index (χ1) is 13.6. The van der Waals surface area contributed by atoms with Crippen molar-refractivity contribution in [1.82, 2.24) is 10.2 Å². The van der Waals surface area contributed by atoms with Crippen molar-refractivity contribution in [3.8, 4) is 0 Å². The number of amides is 1. The fraction of sp³-hybridized carbons (Fsp3) is 0.571. The molecule has 8 nitrogen and oxygen atoms in total. The molecular weight excluding hydrogens is 376 g/mol. The summed E-state index contributed by atoms with van der Waals surface area (Å²) in [6, 6.07) is 8.36. The van der Waals surface area contributed by atoms with Gasteiger partial charge in [-0.2, -0.15) is 0 Å². The minimum absolute atomic E-state index is 0.0126. The van der Waals surface area contributed by atoms with E-state index in [-0.39, 0.29) is 26.3 Å². The van der Waals surface area contributed by atoms with Crippen LogP contribution in [0.1, 0.15) is 46.6 Å². The van der Waals surface area contributed by atoms with Gasteiger partial charge in [0.2, 0.25) is 0 Å². The van der Waals surface area contributed by atoms with Crippen LogP contribution < -0.4 is 5.32 Å². The van der Waals surface area contributed by atoms with E-state index < -0.39 is 35.2 Å². The number of nitrogens with zero attached hydrogens (tertiary/aromatic N) is 1. The van der Waals surface area contributed by atoms with E-state index in [9.17, 15) is 14.4 Å². The van der Waals surface area contributed by atoms with E-state index in [0.717, 1.165) is 5.56 Å². The molecule has 29 heavy (non-hydrogen) atoms. The van der Waals surface area contributed by atoms with Gasteiger partial charge in [0.05, 0.1) is 13.3 Å². The lowest BCUT2D eigenvalue weighted by molar-refractivity contribution is -0.160. The van der Waals surface area contributed by atoms with Crippen molar-refractivity contribution in [2.75, 3.05) is 13.3 Å². The van der Waals surface area contributed by atoms with Crippen molar-refractivity contribution in [1.29, 1.82) is 0 Å². The van der Waals surface area contributed by atoms with E-state index in [2.05, 4.69) is 5.32 Å². The number of rotatable bonds is 5. The van der Waals surface area contributed by atoms with Gasteiger partial charge in [0.1, 0.15) is 23.8 Å². The van der Waals surface area contributed by atoms with Crippen LogP contribution >= 0.6 is 0 Å². The van der Waals surface area contributed by atoms with E-state index in [4.69, 9.17) is 14.2 Å². The van der Waals surface area contributed by atoms with Crippen molar-refractivity contribution in [2.45, 2.75) is 64.8 Å². The Hall–Kier alpha value is -2.61. The summed E-state index contributed by atoms with van der Waals surface area (Å²) in [6.07, 6.45) is -0.638. The Morgan fingerprint density at radius 1 is 1.17 bits per heavy atom. The highest BCUT2D eigenvalue weighted by atomic mass is 16.6. The number of benzene rings is 1. The second-order valence-corrected chi connectivity index (χ2v) is 8.15. The maximum absolute atomic E-state index is 12.8. The molecule has 0 spiro atoms. The molecule has 0 radical (unpaired) electrons. The minimum Gasteiger partial charge on any atom is -0.464 e. The summed E-state index contributed by atoms with van der Waals surface area (Å²) >= 11 is 0. The van der Waals surface area contributed by atoms with E-state index in [1.807, 2.05) is 30.3 Å². The summed E-state index contributed by atoms with van der Waals surface area (Å²) in [5.41, 5.74) is -1.01. The zero-order valence-electron chi connectivity index (χ0n) is 17.7. The lowest BCUT2D eigenvalue weighted by atomic mass is 9.90. The number of nitrogens with one attached hydrogen (secondary N) is 1. The molecule has 0 aliphatic carbocycles. The van der Waals surface area contributed by atoms with Gasteiger partial charge in [-0.15, -0.1) is 0 Å². The molecule has 1 N–H and O–H groups in total. The summed E-state index contributed by atoms with van der Waals surface area (Å²) < 4.78 is 16.0. The van der Waals surface area contributed by atoms with Crippen molar-refractivity contribution in [3.63, 3.8) is 0 Å². The molecule has 0 saturated carbocycles. The molecule has 0 bridgehead atoms. The maximum atomic E-state index is 12.8. The van der Waals surface area contributed by atoms with Crippen LogP contribution in [0.5, 0.6) is 0 Å². The molecule has 1 aliphatic rings. The van der Waals surface area contributed by atoms with Crippen LogP contribution in [-0.2, 0) is 30.4 Å². The van der Waals surface area contributed by atoms with Gasteiger partial charge in [-0.3, -0.25) is 15.0 Å². The predicted octanol–water partition coefficient (Wildman–Crippen LogP) is 2.61. The first kappa shape index (κ1) is 22.7. The molecule has 160 valence electrons. The van der Waals surface area contributed by atoms with E-state index in [0.29, 0.717) is 0 Å². The number of esters is 2. The standard InChI is InChI=1S/C21H30N2O6/c1-6-27-17(24)16-12-21(5,18(25)28-13-15-10-8-7-9-11-15)22-14-23(16)19(26)29-20(2,3)4/h7-11,16,22H,6,12-14H2,1-5H3/t16-,21+/m0/s1. The maximum Gasteiger partial charge on any atom is 0.412 e. The summed E-state index contributed by atoms with van der Waals surface area (Å²) in [7, 11) is 0. The van der Waals surface area contributed by atoms with Gasteiger partial charge in [-0.05, 0) is 40.2 Å². The van der Waals surface area contributed by atoms with Crippen LogP contribution in [-0.4, -0.2) is 53.4 Å². The SMILES string of the molecule is CCOC(=O)[C@@H]1C[C@](C)(C(=O)OCc2ccccc2)NCN1C(=O)OC(C)(C)C. The highest BCUT2D eigenvalue weighted by Gasteiger charge is 2.48. The molecular formula is C21H30N2O6. The van der Waals surface area contributed by atoms with Crippen molar-refractivity contribution in [2.24, 2.45) is 0 Å². The van der Waals surface area contributed by atoms with Crippen LogP contribution in [0, 0.1) is 0 Å². The number of hydrogen-bond donors (Lipinski definition) is 1. The first-order valence-corrected chi connectivity index (χ1v) is 9.68. The number of ether oxygens (including phenoxy) is 3. The van der Waals surface area contributed by atoms with Crippen LogP contribution in [0.2, 0.25) is 0 Å². The molecule has 8 heteroatoms. The topological polar surface area (TPSA) is 94.2 Å². The smallest absolute Gasteiger partial charge is 0.412 e.